The molecule has 0 atom stereocenters. The number of nitrogens with zero attached hydrogens (tertiary/aromatic N) is 2. The van der Waals surface area contributed by atoms with E-state index in [4.69, 9.17) is 16.3 Å². The van der Waals surface area contributed by atoms with Gasteiger partial charge in [0.05, 0.1) is 26.7 Å². The molecule has 1 fully saturated rings. The van der Waals surface area contributed by atoms with E-state index >= 15 is 0 Å². The second-order valence-corrected chi connectivity index (χ2v) is 9.07. The third kappa shape index (κ3) is 4.01. The second-order valence-electron chi connectivity index (χ2n) is 5.87. The minimum atomic E-state index is -3.56. The molecule has 3 rings (SSSR count). The van der Waals surface area contributed by atoms with Gasteiger partial charge in [-0.1, -0.05) is 23.7 Å². The summed E-state index contributed by atoms with van der Waals surface area (Å²) in [6.07, 6.45) is 0. The van der Waals surface area contributed by atoms with Crippen LogP contribution in [-0.4, -0.2) is 45.5 Å². The molecule has 0 aliphatic carbocycles. The lowest BCUT2D eigenvalue weighted by Crippen LogP contribution is -2.48. The van der Waals surface area contributed by atoms with Gasteiger partial charge >= 0.3 is 0 Å². The molecule has 0 aromatic heterocycles. The fraction of sp³-hybridized carbons (Fsp3) is 0.333. The van der Waals surface area contributed by atoms with Crippen LogP contribution in [0.2, 0.25) is 5.02 Å². The minimum absolute atomic E-state index is 0.246. The molecule has 8 heteroatoms. The Balaban J connectivity index is 1.76. The Morgan fingerprint density at radius 2 is 1.81 bits per heavy atom. The van der Waals surface area contributed by atoms with Crippen LogP contribution in [0.4, 0.5) is 5.69 Å². The topological polar surface area (TPSA) is 49.9 Å². The smallest absolute Gasteiger partial charge is 0.243 e. The highest BCUT2D eigenvalue weighted by Gasteiger charge is 2.29. The minimum Gasteiger partial charge on any atom is -0.493 e. The Hall–Kier alpha value is -1.28. The van der Waals surface area contributed by atoms with Crippen molar-refractivity contribution >= 4 is 43.2 Å². The molecule has 0 radical (unpaired) electrons. The lowest BCUT2D eigenvalue weighted by atomic mass is 10.2. The molecule has 1 saturated heterocycles. The number of anilines is 1. The summed E-state index contributed by atoms with van der Waals surface area (Å²) >= 11 is 9.63. The number of hydrogen-bond acceptors (Lipinski definition) is 4. The average Bonchev–Trinajstić information content (AvgIpc) is 2.64. The largest absolute Gasteiger partial charge is 0.493 e. The normalized spacial score (nSPS) is 15.9. The van der Waals surface area contributed by atoms with Gasteiger partial charge in [-0.2, -0.15) is 4.31 Å². The van der Waals surface area contributed by atoms with Crippen LogP contribution < -0.4 is 9.64 Å². The molecule has 1 heterocycles. The monoisotopic (exact) mass is 458 g/mol. The van der Waals surface area contributed by atoms with E-state index < -0.39 is 10.0 Å². The first-order chi connectivity index (χ1) is 12.4. The quantitative estimate of drug-likeness (QED) is 0.678. The van der Waals surface area contributed by atoms with Gasteiger partial charge in [-0.05, 0) is 47.1 Å². The van der Waals surface area contributed by atoms with E-state index in [9.17, 15) is 8.42 Å². The van der Waals surface area contributed by atoms with Crippen molar-refractivity contribution in [1.82, 2.24) is 4.31 Å². The van der Waals surface area contributed by atoms with E-state index in [0.29, 0.717) is 43.6 Å². The average molecular weight is 460 g/mol. The maximum absolute atomic E-state index is 13.0. The Bertz CT molecular complexity index is 884. The third-order valence-corrected chi connectivity index (χ3v) is 7.14. The Morgan fingerprint density at radius 1 is 1.12 bits per heavy atom. The van der Waals surface area contributed by atoms with Gasteiger partial charge < -0.3 is 9.64 Å². The molecule has 5 nitrogen and oxygen atoms in total. The van der Waals surface area contributed by atoms with Gasteiger partial charge in [0.1, 0.15) is 5.75 Å². The number of halogens is 2. The number of hydrogen-bond donors (Lipinski definition) is 0. The van der Waals surface area contributed by atoms with Crippen LogP contribution >= 0.6 is 27.5 Å². The van der Waals surface area contributed by atoms with Gasteiger partial charge in [0.15, 0.2) is 0 Å². The van der Waals surface area contributed by atoms with Gasteiger partial charge in [-0.15, -0.1) is 0 Å². The van der Waals surface area contributed by atoms with E-state index in [1.165, 1.54) is 4.31 Å². The molecule has 0 bridgehead atoms. The third-order valence-electron chi connectivity index (χ3n) is 4.27. The van der Waals surface area contributed by atoms with Crippen molar-refractivity contribution in [3.63, 3.8) is 0 Å². The molecule has 26 heavy (non-hydrogen) atoms. The summed E-state index contributed by atoms with van der Waals surface area (Å²) in [4.78, 5) is 2.36. The maximum atomic E-state index is 13.0. The molecular formula is C18H20BrClN2O3S. The van der Waals surface area contributed by atoms with Crippen molar-refractivity contribution in [2.75, 3.05) is 37.7 Å². The summed E-state index contributed by atoms with van der Waals surface area (Å²) < 4.78 is 33.7. The number of piperazine rings is 1. The summed E-state index contributed by atoms with van der Waals surface area (Å²) in [5.74, 6) is 0.531. The molecular weight excluding hydrogens is 440 g/mol. The Kier molecular flexibility index (Phi) is 6.12. The molecule has 140 valence electrons. The van der Waals surface area contributed by atoms with Crippen molar-refractivity contribution in [2.24, 2.45) is 0 Å². The van der Waals surface area contributed by atoms with Crippen molar-refractivity contribution in [3.8, 4) is 5.75 Å². The van der Waals surface area contributed by atoms with Crippen molar-refractivity contribution < 1.29 is 13.2 Å². The summed E-state index contributed by atoms with van der Waals surface area (Å²) in [6.45, 7) is 4.34. The molecule has 0 spiro atoms. The molecule has 1 aliphatic heterocycles. The van der Waals surface area contributed by atoms with Crippen LogP contribution in [0.5, 0.6) is 5.75 Å². The first-order valence-corrected chi connectivity index (χ1v) is 11.0. The zero-order chi connectivity index (χ0) is 18.7. The lowest BCUT2D eigenvalue weighted by Gasteiger charge is -2.35. The van der Waals surface area contributed by atoms with Gasteiger partial charge in [-0.3, -0.25) is 0 Å². The molecule has 0 saturated carbocycles. The highest BCUT2D eigenvalue weighted by molar-refractivity contribution is 9.10. The van der Waals surface area contributed by atoms with Crippen molar-refractivity contribution in [2.45, 2.75) is 11.8 Å². The van der Waals surface area contributed by atoms with Crippen molar-refractivity contribution in [3.05, 3.63) is 52.0 Å². The van der Waals surface area contributed by atoms with Crippen LogP contribution in [0.15, 0.2) is 51.8 Å². The van der Waals surface area contributed by atoms with Gasteiger partial charge in [0.25, 0.3) is 0 Å². The zero-order valence-corrected chi connectivity index (χ0v) is 17.5. The van der Waals surface area contributed by atoms with Crippen LogP contribution in [0.25, 0.3) is 0 Å². The van der Waals surface area contributed by atoms with E-state index in [0.717, 1.165) is 10.2 Å². The summed E-state index contributed by atoms with van der Waals surface area (Å²) in [5, 5.41) is 0.679. The Morgan fingerprint density at radius 3 is 2.46 bits per heavy atom. The van der Waals surface area contributed by atoms with E-state index in [1.54, 1.807) is 18.2 Å². The number of sulfonamides is 1. The molecule has 0 unspecified atom stereocenters. The first-order valence-electron chi connectivity index (χ1n) is 8.35. The zero-order valence-electron chi connectivity index (χ0n) is 14.4. The summed E-state index contributed by atoms with van der Waals surface area (Å²) in [7, 11) is -3.56. The number of benzene rings is 2. The highest BCUT2D eigenvalue weighted by atomic mass is 79.9. The van der Waals surface area contributed by atoms with E-state index in [-0.39, 0.29) is 4.90 Å². The lowest BCUT2D eigenvalue weighted by molar-refractivity contribution is 0.336. The molecule has 0 amide bonds. The number of para-hydroxylation sites is 1. The Labute approximate surface area is 167 Å². The van der Waals surface area contributed by atoms with Crippen LogP contribution in [0, 0.1) is 0 Å². The van der Waals surface area contributed by atoms with Gasteiger partial charge in [-0.25, -0.2) is 8.42 Å². The number of ether oxygens (including phenoxy) is 1. The van der Waals surface area contributed by atoms with E-state index in [2.05, 4.69) is 20.8 Å². The van der Waals surface area contributed by atoms with Gasteiger partial charge in [0, 0.05) is 32.2 Å². The second kappa shape index (κ2) is 8.17. The maximum Gasteiger partial charge on any atom is 0.243 e. The van der Waals surface area contributed by atoms with Crippen molar-refractivity contribution in [1.29, 1.82) is 0 Å². The SMILES string of the molecule is CCOc1cc(S(=O)(=O)N2CCN(c3ccccc3Cl)CC2)ccc1Br. The fourth-order valence-corrected chi connectivity index (χ4v) is 4.99. The van der Waals surface area contributed by atoms with Crippen LogP contribution in [-0.2, 0) is 10.0 Å². The standard InChI is InChI=1S/C18H20BrClN2O3S/c1-2-25-18-13-14(7-8-15(18)19)26(23,24)22-11-9-21(10-12-22)17-6-4-3-5-16(17)20/h3-8,13H,2,9-12H2,1H3. The molecule has 1 aliphatic rings. The molecule has 0 N–H and O–H groups in total. The molecule has 2 aromatic carbocycles. The van der Waals surface area contributed by atoms with Crippen LogP contribution in [0.3, 0.4) is 0 Å². The van der Waals surface area contributed by atoms with Crippen LogP contribution in [0.1, 0.15) is 6.92 Å². The number of rotatable bonds is 5. The summed E-state index contributed by atoms with van der Waals surface area (Å²) in [6, 6.07) is 12.5. The van der Waals surface area contributed by atoms with E-state index in [1.807, 2.05) is 31.2 Å². The fourth-order valence-electron chi connectivity index (χ4n) is 2.94. The van der Waals surface area contributed by atoms with Gasteiger partial charge in [0.2, 0.25) is 10.0 Å². The summed E-state index contributed by atoms with van der Waals surface area (Å²) in [5.41, 5.74) is 0.938. The predicted octanol–water partition coefficient (Wildman–Crippen LogP) is 4.01. The predicted molar refractivity (Wildman–Crippen MR) is 108 cm³/mol. The first kappa shape index (κ1) is 19.5. The molecule has 2 aromatic rings. The highest BCUT2D eigenvalue weighted by Crippen LogP contribution is 2.31.